The molecular weight excluding hydrogens is 310 g/mol. The first-order valence-electron chi connectivity index (χ1n) is 8.67. The fraction of sp³-hybridized carbons (Fsp3) is 0.318. The number of likely N-dealkylation sites (N-methyl/N-ethyl adjacent to an activating group) is 1. The molecule has 0 N–H and O–H groups in total. The first-order chi connectivity index (χ1) is 11.9. The number of anilines is 1. The summed E-state index contributed by atoms with van der Waals surface area (Å²) in [5, 5.41) is 0. The number of rotatable bonds is 5. The van der Waals surface area contributed by atoms with Crippen LogP contribution in [0.3, 0.4) is 0 Å². The summed E-state index contributed by atoms with van der Waals surface area (Å²) < 4.78 is 5.70. The third-order valence-electron chi connectivity index (χ3n) is 4.84. The smallest absolute Gasteiger partial charge is 0.160 e. The summed E-state index contributed by atoms with van der Waals surface area (Å²) in [6.45, 7) is 6.75. The maximum absolute atomic E-state index is 12.5. The van der Waals surface area contributed by atoms with E-state index in [-0.39, 0.29) is 11.2 Å². The summed E-state index contributed by atoms with van der Waals surface area (Å²) >= 11 is 0. The minimum Gasteiger partial charge on any atom is -0.493 e. The van der Waals surface area contributed by atoms with Gasteiger partial charge in [0.15, 0.2) is 5.78 Å². The van der Waals surface area contributed by atoms with Crippen LogP contribution < -0.4 is 9.64 Å². The number of carbonyl (C=O) groups excluding carboxylic acids is 1. The summed E-state index contributed by atoms with van der Waals surface area (Å²) in [4.78, 5) is 14.6. The van der Waals surface area contributed by atoms with E-state index in [2.05, 4.69) is 36.9 Å². The van der Waals surface area contributed by atoms with Gasteiger partial charge in [0.1, 0.15) is 5.75 Å². The average molecular weight is 335 g/mol. The maximum atomic E-state index is 12.5. The number of carbonyl (C=O) groups is 1. The largest absolute Gasteiger partial charge is 0.493 e. The van der Waals surface area contributed by atoms with Crippen molar-refractivity contribution in [1.82, 2.24) is 0 Å². The Balaban J connectivity index is 1.67. The average Bonchev–Trinajstić information content (AvgIpc) is 2.76. The Bertz CT molecular complexity index is 820. The van der Waals surface area contributed by atoms with Gasteiger partial charge in [-0.2, -0.15) is 0 Å². The standard InChI is InChI=1S/C22H25NO2/c1-16-8-7-9-18(14-16)25-13-12-17(24)15-21-22(2,3)19-10-5-6-11-20(19)23(21)4/h5-11,14-15H,12-13H2,1-4H3. The zero-order chi connectivity index (χ0) is 18.0. The number of para-hydroxylation sites is 1. The van der Waals surface area contributed by atoms with Gasteiger partial charge in [-0.3, -0.25) is 4.79 Å². The molecule has 2 aromatic rings. The van der Waals surface area contributed by atoms with E-state index in [4.69, 9.17) is 4.74 Å². The van der Waals surface area contributed by atoms with E-state index in [0.29, 0.717) is 13.0 Å². The zero-order valence-corrected chi connectivity index (χ0v) is 15.4. The molecule has 0 spiro atoms. The molecule has 3 heteroatoms. The van der Waals surface area contributed by atoms with E-state index in [1.54, 1.807) is 6.08 Å². The zero-order valence-electron chi connectivity index (χ0n) is 15.4. The molecule has 25 heavy (non-hydrogen) atoms. The highest BCUT2D eigenvalue weighted by Crippen LogP contribution is 2.46. The monoisotopic (exact) mass is 335 g/mol. The van der Waals surface area contributed by atoms with Gasteiger partial charge in [0, 0.05) is 36.3 Å². The van der Waals surface area contributed by atoms with E-state index in [1.807, 2.05) is 44.3 Å². The fourth-order valence-corrected chi connectivity index (χ4v) is 3.46. The Morgan fingerprint density at radius 2 is 1.92 bits per heavy atom. The van der Waals surface area contributed by atoms with Crippen molar-refractivity contribution in [3.05, 3.63) is 71.4 Å². The minimum atomic E-state index is -0.168. The number of ether oxygens (including phenoxy) is 1. The molecule has 0 amide bonds. The van der Waals surface area contributed by atoms with Gasteiger partial charge in [-0.25, -0.2) is 0 Å². The molecule has 1 heterocycles. The van der Waals surface area contributed by atoms with Crippen LogP contribution in [0.1, 0.15) is 31.4 Å². The molecule has 3 rings (SSSR count). The number of allylic oxidation sites excluding steroid dienone is 2. The molecule has 0 saturated carbocycles. The molecule has 0 saturated heterocycles. The summed E-state index contributed by atoms with van der Waals surface area (Å²) in [7, 11) is 2.02. The van der Waals surface area contributed by atoms with Gasteiger partial charge < -0.3 is 9.64 Å². The molecule has 0 atom stereocenters. The van der Waals surface area contributed by atoms with Gasteiger partial charge in [-0.15, -0.1) is 0 Å². The number of ketones is 1. The Morgan fingerprint density at radius 3 is 2.64 bits per heavy atom. The number of fused-ring (bicyclic) bond motifs is 1. The lowest BCUT2D eigenvalue weighted by Crippen LogP contribution is -2.24. The van der Waals surface area contributed by atoms with Gasteiger partial charge in [0.2, 0.25) is 0 Å². The Labute approximate surface area is 149 Å². The predicted octanol–water partition coefficient (Wildman–Crippen LogP) is 4.64. The molecule has 130 valence electrons. The quantitative estimate of drug-likeness (QED) is 0.745. The highest BCUT2D eigenvalue weighted by atomic mass is 16.5. The molecule has 0 radical (unpaired) electrons. The minimum absolute atomic E-state index is 0.0929. The van der Waals surface area contributed by atoms with Crippen molar-refractivity contribution in [3.63, 3.8) is 0 Å². The van der Waals surface area contributed by atoms with Gasteiger partial charge in [0.25, 0.3) is 0 Å². The van der Waals surface area contributed by atoms with Crippen LogP contribution in [0.25, 0.3) is 0 Å². The van der Waals surface area contributed by atoms with Gasteiger partial charge in [-0.1, -0.05) is 44.2 Å². The van der Waals surface area contributed by atoms with E-state index in [9.17, 15) is 4.79 Å². The number of hydrogen-bond acceptors (Lipinski definition) is 3. The number of benzene rings is 2. The highest BCUT2D eigenvalue weighted by molar-refractivity contribution is 5.92. The number of aryl methyl sites for hydroxylation is 1. The van der Waals surface area contributed by atoms with E-state index in [0.717, 1.165) is 17.0 Å². The number of hydrogen-bond donors (Lipinski definition) is 0. The van der Waals surface area contributed by atoms with Crippen LogP contribution in [0.2, 0.25) is 0 Å². The molecule has 3 nitrogen and oxygen atoms in total. The van der Waals surface area contributed by atoms with Gasteiger partial charge in [0.05, 0.1) is 6.61 Å². The van der Waals surface area contributed by atoms with E-state index < -0.39 is 0 Å². The van der Waals surface area contributed by atoms with Crippen molar-refractivity contribution in [2.75, 3.05) is 18.6 Å². The van der Waals surface area contributed by atoms with Crippen molar-refractivity contribution < 1.29 is 9.53 Å². The van der Waals surface area contributed by atoms with Crippen molar-refractivity contribution in [1.29, 1.82) is 0 Å². The van der Waals surface area contributed by atoms with Crippen molar-refractivity contribution in [2.45, 2.75) is 32.6 Å². The fourth-order valence-electron chi connectivity index (χ4n) is 3.46. The van der Waals surface area contributed by atoms with Gasteiger partial charge >= 0.3 is 0 Å². The van der Waals surface area contributed by atoms with Gasteiger partial charge in [-0.05, 0) is 36.2 Å². The second kappa shape index (κ2) is 6.75. The molecule has 1 aliphatic heterocycles. The third kappa shape index (κ3) is 3.46. The molecule has 0 aromatic heterocycles. The first-order valence-corrected chi connectivity index (χ1v) is 8.67. The Kier molecular flexibility index (Phi) is 4.67. The van der Waals surface area contributed by atoms with Crippen molar-refractivity contribution in [2.24, 2.45) is 0 Å². The van der Waals surface area contributed by atoms with Crippen LogP contribution >= 0.6 is 0 Å². The molecular formula is C22H25NO2. The number of nitrogens with zero attached hydrogens (tertiary/aromatic N) is 1. The highest BCUT2D eigenvalue weighted by Gasteiger charge is 2.38. The first kappa shape index (κ1) is 17.3. The summed E-state index contributed by atoms with van der Waals surface area (Å²) in [6, 6.07) is 16.2. The lowest BCUT2D eigenvalue weighted by molar-refractivity contribution is -0.115. The third-order valence-corrected chi connectivity index (χ3v) is 4.84. The van der Waals surface area contributed by atoms with Crippen LogP contribution in [0.15, 0.2) is 60.3 Å². The lowest BCUT2D eigenvalue weighted by Gasteiger charge is -2.24. The lowest BCUT2D eigenvalue weighted by atomic mass is 9.83. The predicted molar refractivity (Wildman–Crippen MR) is 102 cm³/mol. The summed E-state index contributed by atoms with van der Waals surface area (Å²) in [5.74, 6) is 0.904. The second-order valence-corrected chi connectivity index (χ2v) is 7.11. The SMILES string of the molecule is Cc1cccc(OCCC(=O)C=C2N(C)c3ccccc3C2(C)C)c1. The Hall–Kier alpha value is -2.55. The maximum Gasteiger partial charge on any atom is 0.160 e. The topological polar surface area (TPSA) is 29.5 Å². The van der Waals surface area contributed by atoms with Crippen molar-refractivity contribution >= 4 is 11.5 Å². The molecule has 0 fully saturated rings. The molecule has 0 bridgehead atoms. The van der Waals surface area contributed by atoms with Crippen LogP contribution in [-0.4, -0.2) is 19.4 Å². The normalized spacial score (nSPS) is 16.8. The molecule has 1 aliphatic rings. The van der Waals surface area contributed by atoms with Crippen molar-refractivity contribution in [3.8, 4) is 5.75 Å². The summed E-state index contributed by atoms with van der Waals surface area (Å²) in [5.41, 5.74) is 4.45. The molecule has 0 unspecified atom stereocenters. The molecule has 0 aliphatic carbocycles. The van der Waals surface area contributed by atoms with E-state index >= 15 is 0 Å². The van der Waals surface area contributed by atoms with Crippen LogP contribution in [0.4, 0.5) is 5.69 Å². The second-order valence-electron chi connectivity index (χ2n) is 7.11. The van der Waals surface area contributed by atoms with E-state index in [1.165, 1.54) is 11.3 Å². The molecule has 2 aromatic carbocycles. The summed E-state index contributed by atoms with van der Waals surface area (Å²) in [6.07, 6.45) is 2.15. The van der Waals surface area contributed by atoms with Crippen LogP contribution in [0, 0.1) is 6.92 Å². The van der Waals surface area contributed by atoms with Crippen LogP contribution in [-0.2, 0) is 10.2 Å². The Morgan fingerprint density at radius 1 is 1.16 bits per heavy atom. The van der Waals surface area contributed by atoms with Crippen LogP contribution in [0.5, 0.6) is 5.75 Å².